The van der Waals surface area contributed by atoms with E-state index < -0.39 is 11.8 Å². The lowest BCUT2D eigenvalue weighted by Crippen LogP contribution is -2.44. The molecular formula is C20H15N3O3. The van der Waals surface area contributed by atoms with Crippen LogP contribution in [0.2, 0.25) is 0 Å². The predicted octanol–water partition coefficient (Wildman–Crippen LogP) is 2.78. The van der Waals surface area contributed by atoms with Gasteiger partial charge in [-0.15, -0.1) is 0 Å². The fourth-order valence-corrected chi connectivity index (χ4v) is 2.95. The van der Waals surface area contributed by atoms with Gasteiger partial charge in [0.2, 0.25) is 0 Å². The number of para-hydroxylation sites is 2. The van der Waals surface area contributed by atoms with Crippen molar-refractivity contribution in [1.82, 2.24) is 15.8 Å². The van der Waals surface area contributed by atoms with Gasteiger partial charge in [-0.05, 0) is 24.3 Å². The molecule has 2 N–H and O–H groups in total. The van der Waals surface area contributed by atoms with Crippen molar-refractivity contribution in [2.45, 2.75) is 5.92 Å². The van der Waals surface area contributed by atoms with Gasteiger partial charge in [-0.1, -0.05) is 36.4 Å². The van der Waals surface area contributed by atoms with Crippen LogP contribution in [0.25, 0.3) is 0 Å². The van der Waals surface area contributed by atoms with E-state index in [1.54, 1.807) is 18.3 Å². The molecule has 128 valence electrons. The first-order chi connectivity index (χ1) is 12.7. The topological polar surface area (TPSA) is 80.3 Å². The summed E-state index contributed by atoms with van der Waals surface area (Å²) >= 11 is 0. The summed E-state index contributed by atoms with van der Waals surface area (Å²) in [7, 11) is 0. The molecule has 2 aromatic carbocycles. The summed E-state index contributed by atoms with van der Waals surface area (Å²) in [4.78, 5) is 28.9. The van der Waals surface area contributed by atoms with E-state index in [0.717, 1.165) is 11.1 Å². The van der Waals surface area contributed by atoms with E-state index in [2.05, 4.69) is 15.8 Å². The number of nitrogens with zero attached hydrogens (tertiary/aromatic N) is 1. The van der Waals surface area contributed by atoms with Crippen LogP contribution in [-0.4, -0.2) is 16.8 Å². The number of benzene rings is 2. The molecule has 3 aromatic rings. The maximum absolute atomic E-state index is 12.9. The molecule has 0 bridgehead atoms. The molecule has 1 aliphatic rings. The highest BCUT2D eigenvalue weighted by Crippen LogP contribution is 2.43. The van der Waals surface area contributed by atoms with Crippen molar-refractivity contribution in [1.29, 1.82) is 0 Å². The first kappa shape index (κ1) is 15.8. The highest BCUT2D eigenvalue weighted by atomic mass is 16.5. The van der Waals surface area contributed by atoms with Gasteiger partial charge in [0.25, 0.3) is 11.8 Å². The molecule has 6 nitrogen and oxygen atoms in total. The Labute approximate surface area is 149 Å². The van der Waals surface area contributed by atoms with Gasteiger partial charge in [-0.3, -0.25) is 25.4 Å². The van der Waals surface area contributed by atoms with E-state index in [1.165, 1.54) is 6.20 Å². The monoisotopic (exact) mass is 345 g/mol. The number of fused-ring (bicyclic) bond motifs is 2. The second kappa shape index (κ2) is 6.68. The van der Waals surface area contributed by atoms with Crippen molar-refractivity contribution < 1.29 is 14.3 Å². The Bertz CT molecular complexity index is 927. The molecule has 0 fully saturated rings. The number of carbonyl (C=O) groups is 2. The van der Waals surface area contributed by atoms with Gasteiger partial charge in [0.1, 0.15) is 11.5 Å². The number of hydrazine groups is 1. The van der Waals surface area contributed by atoms with E-state index in [1.807, 2.05) is 48.5 Å². The molecule has 0 unspecified atom stereocenters. The van der Waals surface area contributed by atoms with E-state index in [0.29, 0.717) is 17.1 Å². The van der Waals surface area contributed by atoms with Crippen molar-refractivity contribution >= 4 is 11.8 Å². The number of hydrogen-bond acceptors (Lipinski definition) is 4. The fourth-order valence-electron chi connectivity index (χ4n) is 2.95. The highest BCUT2D eigenvalue weighted by Gasteiger charge is 2.32. The summed E-state index contributed by atoms with van der Waals surface area (Å²) in [6.45, 7) is 0. The molecule has 2 heterocycles. The van der Waals surface area contributed by atoms with E-state index in [-0.39, 0.29) is 5.91 Å². The van der Waals surface area contributed by atoms with Crippen LogP contribution >= 0.6 is 0 Å². The standard InChI is InChI=1S/C20H15N3O3/c24-19(13-6-5-11-21-12-13)22-23-20(25)18-14-7-1-3-9-16(14)26-17-10-4-2-8-15(17)18/h1-12,18H,(H,22,24)(H,23,25). The van der Waals surface area contributed by atoms with Crippen molar-refractivity contribution in [3.05, 3.63) is 89.7 Å². The molecule has 1 aliphatic heterocycles. The lowest BCUT2D eigenvalue weighted by atomic mass is 9.87. The summed E-state index contributed by atoms with van der Waals surface area (Å²) < 4.78 is 5.88. The molecule has 0 radical (unpaired) electrons. The van der Waals surface area contributed by atoms with Crippen LogP contribution in [0, 0.1) is 0 Å². The third-order valence-electron chi connectivity index (χ3n) is 4.17. The maximum atomic E-state index is 12.9. The zero-order valence-electron chi connectivity index (χ0n) is 13.7. The molecule has 0 saturated heterocycles. The van der Waals surface area contributed by atoms with Crippen molar-refractivity contribution in [2.24, 2.45) is 0 Å². The Morgan fingerprint density at radius 3 is 2.12 bits per heavy atom. The number of nitrogens with one attached hydrogen (secondary N) is 2. The van der Waals surface area contributed by atoms with Gasteiger partial charge >= 0.3 is 0 Å². The van der Waals surface area contributed by atoms with Gasteiger partial charge in [0.15, 0.2) is 0 Å². The Morgan fingerprint density at radius 2 is 1.50 bits per heavy atom. The van der Waals surface area contributed by atoms with Gasteiger partial charge in [-0.25, -0.2) is 0 Å². The Kier molecular flexibility index (Phi) is 4.07. The van der Waals surface area contributed by atoms with E-state index in [4.69, 9.17) is 4.74 Å². The smallest absolute Gasteiger partial charge is 0.271 e. The number of rotatable bonds is 2. The van der Waals surface area contributed by atoms with Crippen LogP contribution in [0.3, 0.4) is 0 Å². The number of amides is 2. The van der Waals surface area contributed by atoms with E-state index in [9.17, 15) is 9.59 Å². The summed E-state index contributed by atoms with van der Waals surface area (Å²) in [6, 6.07) is 18.0. The molecule has 1 aromatic heterocycles. The molecule has 4 rings (SSSR count). The van der Waals surface area contributed by atoms with Crippen LogP contribution in [0.4, 0.5) is 0 Å². The Balaban J connectivity index is 1.59. The molecular weight excluding hydrogens is 330 g/mol. The summed E-state index contributed by atoms with van der Waals surface area (Å²) in [5, 5.41) is 0. The van der Waals surface area contributed by atoms with Gasteiger partial charge < -0.3 is 4.74 Å². The normalized spacial score (nSPS) is 12.3. The van der Waals surface area contributed by atoms with Crippen LogP contribution in [0.15, 0.2) is 73.1 Å². The first-order valence-electron chi connectivity index (χ1n) is 8.10. The number of aromatic nitrogens is 1. The molecule has 0 atom stereocenters. The van der Waals surface area contributed by atoms with Crippen molar-refractivity contribution in [3.63, 3.8) is 0 Å². The van der Waals surface area contributed by atoms with Gasteiger partial charge in [0, 0.05) is 23.5 Å². The van der Waals surface area contributed by atoms with Crippen LogP contribution in [0.5, 0.6) is 11.5 Å². The number of pyridine rings is 1. The molecule has 0 aliphatic carbocycles. The second-order valence-corrected chi connectivity index (χ2v) is 5.80. The zero-order valence-corrected chi connectivity index (χ0v) is 13.7. The summed E-state index contributed by atoms with van der Waals surface area (Å²) in [5.74, 6) is -0.0919. The van der Waals surface area contributed by atoms with E-state index >= 15 is 0 Å². The largest absolute Gasteiger partial charge is 0.457 e. The number of carbonyl (C=O) groups excluding carboxylic acids is 2. The fraction of sp³-hybridized carbons (Fsp3) is 0.0500. The van der Waals surface area contributed by atoms with Crippen LogP contribution in [-0.2, 0) is 4.79 Å². The Morgan fingerprint density at radius 1 is 0.846 bits per heavy atom. The van der Waals surface area contributed by atoms with Crippen molar-refractivity contribution in [2.75, 3.05) is 0 Å². The Hall–Kier alpha value is -3.67. The number of ether oxygens (including phenoxy) is 1. The maximum Gasteiger partial charge on any atom is 0.271 e. The quantitative estimate of drug-likeness (QED) is 0.700. The average Bonchev–Trinajstić information content (AvgIpc) is 2.70. The minimum atomic E-state index is -0.578. The lowest BCUT2D eigenvalue weighted by Gasteiger charge is -2.27. The van der Waals surface area contributed by atoms with Crippen LogP contribution < -0.4 is 15.6 Å². The summed E-state index contributed by atoms with van der Waals surface area (Å²) in [5.41, 5.74) is 6.81. The van der Waals surface area contributed by atoms with Crippen LogP contribution in [0.1, 0.15) is 27.4 Å². The highest BCUT2D eigenvalue weighted by molar-refractivity contribution is 5.96. The minimum Gasteiger partial charge on any atom is -0.457 e. The molecule has 2 amide bonds. The molecule has 0 saturated carbocycles. The molecule has 6 heteroatoms. The molecule has 0 spiro atoms. The third kappa shape index (κ3) is 2.88. The van der Waals surface area contributed by atoms with Gasteiger partial charge in [0.05, 0.1) is 11.5 Å². The third-order valence-corrected chi connectivity index (χ3v) is 4.17. The predicted molar refractivity (Wildman–Crippen MR) is 94.6 cm³/mol. The average molecular weight is 345 g/mol. The minimum absolute atomic E-state index is 0.342. The van der Waals surface area contributed by atoms with Crippen molar-refractivity contribution in [3.8, 4) is 11.5 Å². The lowest BCUT2D eigenvalue weighted by molar-refractivity contribution is -0.122. The first-order valence-corrected chi connectivity index (χ1v) is 8.10. The summed E-state index contributed by atoms with van der Waals surface area (Å²) in [6.07, 6.45) is 3.01. The second-order valence-electron chi connectivity index (χ2n) is 5.80. The zero-order chi connectivity index (χ0) is 17.9. The van der Waals surface area contributed by atoms with Gasteiger partial charge in [-0.2, -0.15) is 0 Å². The SMILES string of the molecule is O=C(NNC(=O)C1c2ccccc2Oc2ccccc21)c1cccnc1. The number of hydrogen-bond donors (Lipinski definition) is 2. The molecule has 26 heavy (non-hydrogen) atoms.